The Hall–Kier alpha value is -1.27. The van der Waals surface area contributed by atoms with Crippen LogP contribution in [0.2, 0.25) is 4.34 Å². The van der Waals surface area contributed by atoms with Crippen LogP contribution in [-0.4, -0.2) is 48.0 Å². The van der Waals surface area contributed by atoms with Crippen LogP contribution in [0.4, 0.5) is 4.79 Å². The summed E-state index contributed by atoms with van der Waals surface area (Å²) in [5.41, 5.74) is 0. The Kier molecular flexibility index (Phi) is 6.72. The zero-order chi connectivity index (χ0) is 16.8. The quantitative estimate of drug-likeness (QED) is 0.807. The van der Waals surface area contributed by atoms with E-state index in [4.69, 9.17) is 16.3 Å². The standard InChI is InChI=1S/C16H23ClN2O3S/c1-3-18(11-13-7-8-14(17)23-13)15(20)12-6-5-9-19(10-12)16(21)22-4-2/h7-8,12H,3-6,9-11H2,1-2H3. The predicted octanol–water partition coefficient (Wildman–Crippen LogP) is 3.62. The largest absolute Gasteiger partial charge is 0.450 e. The molecule has 1 atom stereocenters. The van der Waals surface area contributed by atoms with Crippen molar-refractivity contribution in [3.63, 3.8) is 0 Å². The number of carbonyl (C=O) groups is 2. The third kappa shape index (κ3) is 4.85. The number of hydrogen-bond donors (Lipinski definition) is 0. The van der Waals surface area contributed by atoms with E-state index >= 15 is 0 Å². The lowest BCUT2D eigenvalue weighted by molar-refractivity contribution is -0.137. The molecule has 0 saturated carbocycles. The Labute approximate surface area is 146 Å². The van der Waals surface area contributed by atoms with Crippen molar-refractivity contribution in [2.75, 3.05) is 26.2 Å². The molecule has 128 valence electrons. The SMILES string of the molecule is CCOC(=O)N1CCCC(C(=O)N(CC)Cc2ccc(Cl)s2)C1. The van der Waals surface area contributed by atoms with E-state index in [9.17, 15) is 9.59 Å². The molecule has 7 heteroatoms. The van der Waals surface area contributed by atoms with Gasteiger partial charge in [0.15, 0.2) is 0 Å². The molecule has 1 fully saturated rings. The summed E-state index contributed by atoms with van der Waals surface area (Å²) in [5, 5.41) is 0. The molecule has 0 aliphatic carbocycles. The third-order valence-corrected chi connectivity index (χ3v) is 5.18. The van der Waals surface area contributed by atoms with Gasteiger partial charge in [0.05, 0.1) is 23.4 Å². The molecule has 1 unspecified atom stereocenters. The zero-order valence-electron chi connectivity index (χ0n) is 13.6. The highest BCUT2D eigenvalue weighted by atomic mass is 35.5. The fourth-order valence-electron chi connectivity index (χ4n) is 2.79. The second-order valence-electron chi connectivity index (χ2n) is 5.54. The molecule has 0 N–H and O–H groups in total. The summed E-state index contributed by atoms with van der Waals surface area (Å²) in [5.74, 6) is -0.0467. The van der Waals surface area contributed by atoms with E-state index < -0.39 is 0 Å². The van der Waals surface area contributed by atoms with E-state index in [2.05, 4.69) is 0 Å². The number of piperidine rings is 1. The van der Waals surface area contributed by atoms with Crippen molar-refractivity contribution in [1.29, 1.82) is 0 Å². The molecule has 0 aromatic carbocycles. The Morgan fingerprint density at radius 1 is 1.43 bits per heavy atom. The highest BCUT2D eigenvalue weighted by Gasteiger charge is 2.31. The highest BCUT2D eigenvalue weighted by Crippen LogP contribution is 2.25. The van der Waals surface area contributed by atoms with Crippen LogP contribution in [-0.2, 0) is 16.1 Å². The number of thiophene rings is 1. The third-order valence-electron chi connectivity index (χ3n) is 3.97. The van der Waals surface area contributed by atoms with Crippen molar-refractivity contribution in [2.45, 2.75) is 33.2 Å². The number of ether oxygens (including phenoxy) is 1. The van der Waals surface area contributed by atoms with Crippen LogP contribution in [0.25, 0.3) is 0 Å². The van der Waals surface area contributed by atoms with Gasteiger partial charge in [0.25, 0.3) is 0 Å². The van der Waals surface area contributed by atoms with E-state index in [1.165, 1.54) is 11.3 Å². The Morgan fingerprint density at radius 2 is 2.22 bits per heavy atom. The summed E-state index contributed by atoms with van der Waals surface area (Å²) >= 11 is 7.45. The number of amides is 2. The lowest BCUT2D eigenvalue weighted by Crippen LogP contribution is -2.46. The normalized spacial score (nSPS) is 17.9. The van der Waals surface area contributed by atoms with Crippen LogP contribution in [0.3, 0.4) is 0 Å². The molecule has 1 aliphatic heterocycles. The van der Waals surface area contributed by atoms with E-state index in [-0.39, 0.29) is 17.9 Å². The zero-order valence-corrected chi connectivity index (χ0v) is 15.2. The van der Waals surface area contributed by atoms with E-state index in [0.29, 0.717) is 32.8 Å². The van der Waals surface area contributed by atoms with Gasteiger partial charge in [-0.25, -0.2) is 4.79 Å². The van der Waals surface area contributed by atoms with Gasteiger partial charge in [-0.2, -0.15) is 0 Å². The van der Waals surface area contributed by atoms with Crippen LogP contribution in [0.1, 0.15) is 31.6 Å². The molecule has 2 rings (SSSR count). The first-order chi connectivity index (χ1) is 11.0. The van der Waals surface area contributed by atoms with Crippen LogP contribution in [0.15, 0.2) is 12.1 Å². The van der Waals surface area contributed by atoms with Gasteiger partial charge in [0.1, 0.15) is 0 Å². The van der Waals surface area contributed by atoms with Crippen molar-refractivity contribution in [2.24, 2.45) is 5.92 Å². The van der Waals surface area contributed by atoms with Crippen LogP contribution in [0.5, 0.6) is 0 Å². The maximum absolute atomic E-state index is 12.8. The van der Waals surface area contributed by atoms with Crippen LogP contribution >= 0.6 is 22.9 Å². The monoisotopic (exact) mass is 358 g/mol. The second-order valence-corrected chi connectivity index (χ2v) is 7.34. The van der Waals surface area contributed by atoms with Crippen molar-refractivity contribution in [3.8, 4) is 0 Å². The molecule has 5 nitrogen and oxygen atoms in total. The summed E-state index contributed by atoms with van der Waals surface area (Å²) in [7, 11) is 0. The summed E-state index contributed by atoms with van der Waals surface area (Å²) in [6.45, 7) is 6.43. The molecule has 1 aliphatic rings. The molecule has 0 spiro atoms. The van der Waals surface area contributed by atoms with E-state index in [1.54, 1.807) is 11.8 Å². The molecular formula is C16H23ClN2O3S. The van der Waals surface area contributed by atoms with Crippen molar-refractivity contribution in [3.05, 3.63) is 21.3 Å². The average molecular weight is 359 g/mol. The number of carbonyl (C=O) groups excluding carboxylic acids is 2. The number of rotatable bonds is 5. The fourth-order valence-corrected chi connectivity index (χ4v) is 3.89. The number of nitrogens with zero attached hydrogens (tertiary/aromatic N) is 2. The van der Waals surface area contributed by atoms with Crippen LogP contribution in [0, 0.1) is 5.92 Å². The van der Waals surface area contributed by atoms with Gasteiger partial charge in [-0.05, 0) is 38.8 Å². The Bertz CT molecular complexity index is 549. The number of halogens is 1. The Balaban J connectivity index is 1.97. The molecule has 23 heavy (non-hydrogen) atoms. The lowest BCUT2D eigenvalue weighted by Gasteiger charge is -2.34. The first kappa shape index (κ1) is 18.1. The van der Waals surface area contributed by atoms with E-state index in [0.717, 1.165) is 22.1 Å². The summed E-state index contributed by atoms with van der Waals surface area (Å²) in [6.07, 6.45) is 1.33. The first-order valence-corrected chi connectivity index (χ1v) is 9.19. The highest BCUT2D eigenvalue weighted by molar-refractivity contribution is 7.16. The molecule has 1 aromatic heterocycles. The second kappa shape index (κ2) is 8.55. The minimum absolute atomic E-state index is 0.103. The minimum Gasteiger partial charge on any atom is -0.450 e. The van der Waals surface area contributed by atoms with Crippen molar-refractivity contribution >= 4 is 34.9 Å². The van der Waals surface area contributed by atoms with Crippen molar-refractivity contribution in [1.82, 2.24) is 9.80 Å². The summed E-state index contributed by atoms with van der Waals surface area (Å²) in [4.78, 5) is 29.2. The molecule has 0 bridgehead atoms. The van der Waals surface area contributed by atoms with Gasteiger partial charge >= 0.3 is 6.09 Å². The lowest BCUT2D eigenvalue weighted by atomic mass is 9.96. The molecule has 1 aromatic rings. The molecular weight excluding hydrogens is 336 g/mol. The molecule has 2 heterocycles. The molecule has 1 saturated heterocycles. The fraction of sp³-hybridized carbons (Fsp3) is 0.625. The van der Waals surface area contributed by atoms with Gasteiger partial charge in [0, 0.05) is 24.5 Å². The van der Waals surface area contributed by atoms with Gasteiger partial charge in [-0.3, -0.25) is 4.79 Å². The van der Waals surface area contributed by atoms with Gasteiger partial charge in [0.2, 0.25) is 5.91 Å². The summed E-state index contributed by atoms with van der Waals surface area (Å²) in [6, 6.07) is 3.80. The van der Waals surface area contributed by atoms with Crippen LogP contribution < -0.4 is 0 Å². The molecule has 2 amide bonds. The molecule has 0 radical (unpaired) electrons. The Morgan fingerprint density at radius 3 is 2.83 bits per heavy atom. The average Bonchev–Trinajstić information content (AvgIpc) is 2.97. The van der Waals surface area contributed by atoms with Gasteiger partial charge < -0.3 is 14.5 Å². The van der Waals surface area contributed by atoms with Gasteiger partial charge in [-0.1, -0.05) is 11.6 Å². The first-order valence-electron chi connectivity index (χ1n) is 7.99. The van der Waals surface area contributed by atoms with E-state index in [1.807, 2.05) is 24.0 Å². The topological polar surface area (TPSA) is 49.9 Å². The van der Waals surface area contributed by atoms with Gasteiger partial charge in [-0.15, -0.1) is 11.3 Å². The minimum atomic E-state index is -0.321. The smallest absolute Gasteiger partial charge is 0.409 e. The van der Waals surface area contributed by atoms with Crippen molar-refractivity contribution < 1.29 is 14.3 Å². The number of hydrogen-bond acceptors (Lipinski definition) is 4. The predicted molar refractivity (Wildman–Crippen MR) is 91.7 cm³/mol. The maximum atomic E-state index is 12.8. The maximum Gasteiger partial charge on any atom is 0.409 e. The summed E-state index contributed by atoms with van der Waals surface area (Å²) < 4.78 is 5.77. The number of likely N-dealkylation sites (tertiary alicyclic amines) is 1.